The molecule has 0 radical (unpaired) electrons. The number of ether oxygens (including phenoxy) is 1. The Bertz CT molecular complexity index is 491. The van der Waals surface area contributed by atoms with Crippen molar-refractivity contribution in [2.75, 3.05) is 12.4 Å². The third-order valence-electron chi connectivity index (χ3n) is 2.21. The molecule has 0 aromatic heterocycles. The lowest BCUT2D eigenvalue weighted by Crippen LogP contribution is -2.25. The van der Waals surface area contributed by atoms with Crippen LogP contribution < -0.4 is 10.1 Å². The van der Waals surface area contributed by atoms with Crippen LogP contribution in [0, 0.1) is 15.9 Å². The number of nitro groups is 1. The molecule has 0 aliphatic rings. The third-order valence-corrected chi connectivity index (χ3v) is 2.21. The number of methoxy groups -OCH3 is 1. The van der Waals surface area contributed by atoms with E-state index in [2.05, 4.69) is 5.32 Å². The van der Waals surface area contributed by atoms with E-state index in [1.807, 2.05) is 0 Å². The smallest absolute Gasteiger partial charge is 0.325 e. The third kappa shape index (κ3) is 2.84. The van der Waals surface area contributed by atoms with Crippen LogP contribution in [0.4, 0.5) is 15.8 Å². The molecule has 1 rings (SSSR count). The van der Waals surface area contributed by atoms with Crippen molar-refractivity contribution in [3.8, 4) is 5.75 Å². The highest BCUT2D eigenvalue weighted by atomic mass is 19.1. The van der Waals surface area contributed by atoms with Crippen molar-refractivity contribution in [3.63, 3.8) is 0 Å². The number of hydrogen-bond acceptors (Lipinski definition) is 5. The zero-order valence-electron chi connectivity index (χ0n) is 9.64. The van der Waals surface area contributed by atoms with Gasteiger partial charge in [-0.2, -0.15) is 0 Å². The lowest BCUT2D eigenvalue weighted by Gasteiger charge is -2.12. The van der Waals surface area contributed by atoms with Gasteiger partial charge in [-0.25, -0.2) is 4.39 Å². The van der Waals surface area contributed by atoms with Crippen molar-refractivity contribution >= 4 is 17.3 Å². The van der Waals surface area contributed by atoms with E-state index in [1.165, 1.54) is 14.0 Å². The van der Waals surface area contributed by atoms with Gasteiger partial charge in [-0.05, 0) is 6.92 Å². The van der Waals surface area contributed by atoms with Crippen molar-refractivity contribution in [2.24, 2.45) is 0 Å². The Morgan fingerprint density at radius 3 is 2.67 bits per heavy atom. The molecule has 0 amide bonds. The van der Waals surface area contributed by atoms with Crippen LogP contribution in [0.3, 0.4) is 0 Å². The summed E-state index contributed by atoms with van der Waals surface area (Å²) >= 11 is 0. The number of nitrogens with zero attached hydrogens (tertiary/aromatic N) is 1. The standard InChI is InChI=1S/C10H11FN2O5/c1-5(10(14)15)12-7-4-9(18-2)8(13(16)17)3-6(7)11/h3-5,12H,1-2H3,(H,14,15). The molecular formula is C10H11FN2O5. The van der Waals surface area contributed by atoms with E-state index in [9.17, 15) is 19.3 Å². The van der Waals surface area contributed by atoms with Crippen LogP contribution in [-0.2, 0) is 4.79 Å². The molecule has 0 saturated carbocycles. The number of nitro benzene ring substituents is 1. The van der Waals surface area contributed by atoms with Crippen molar-refractivity contribution in [2.45, 2.75) is 13.0 Å². The first-order chi connectivity index (χ1) is 8.36. The normalized spacial score (nSPS) is 11.7. The first-order valence-corrected chi connectivity index (χ1v) is 4.88. The van der Waals surface area contributed by atoms with E-state index in [4.69, 9.17) is 9.84 Å². The summed E-state index contributed by atoms with van der Waals surface area (Å²) in [5.41, 5.74) is -0.698. The zero-order valence-corrected chi connectivity index (χ0v) is 9.64. The number of anilines is 1. The first-order valence-electron chi connectivity index (χ1n) is 4.88. The van der Waals surface area contributed by atoms with Gasteiger partial charge < -0.3 is 15.2 Å². The molecular weight excluding hydrogens is 247 g/mol. The summed E-state index contributed by atoms with van der Waals surface area (Å²) < 4.78 is 18.3. The average molecular weight is 258 g/mol. The molecule has 2 N–H and O–H groups in total. The van der Waals surface area contributed by atoms with E-state index in [-0.39, 0.29) is 11.4 Å². The van der Waals surface area contributed by atoms with E-state index in [0.29, 0.717) is 6.07 Å². The van der Waals surface area contributed by atoms with Gasteiger partial charge in [0.05, 0.1) is 23.8 Å². The van der Waals surface area contributed by atoms with Gasteiger partial charge in [0, 0.05) is 6.07 Å². The molecule has 1 aromatic rings. The SMILES string of the molecule is COc1cc(NC(C)C(=O)O)c(F)cc1[N+](=O)[O-]. The highest BCUT2D eigenvalue weighted by Crippen LogP contribution is 2.32. The predicted molar refractivity (Wildman–Crippen MR) is 60.3 cm³/mol. The van der Waals surface area contributed by atoms with Crippen LogP contribution >= 0.6 is 0 Å². The number of nitrogens with one attached hydrogen (secondary N) is 1. The molecule has 0 aliphatic heterocycles. The molecule has 98 valence electrons. The number of hydrogen-bond donors (Lipinski definition) is 2. The Kier molecular flexibility index (Phi) is 4.03. The van der Waals surface area contributed by atoms with Crippen LogP contribution in [-0.4, -0.2) is 29.2 Å². The maximum absolute atomic E-state index is 13.5. The van der Waals surface area contributed by atoms with Gasteiger partial charge in [0.15, 0.2) is 11.6 Å². The molecule has 0 fully saturated rings. The number of carboxylic acids is 1. The average Bonchev–Trinajstić information content (AvgIpc) is 2.30. The summed E-state index contributed by atoms with van der Waals surface area (Å²) in [6.45, 7) is 1.32. The Morgan fingerprint density at radius 2 is 2.22 bits per heavy atom. The summed E-state index contributed by atoms with van der Waals surface area (Å²) in [7, 11) is 1.20. The number of halogens is 1. The second-order valence-corrected chi connectivity index (χ2v) is 3.47. The molecule has 1 aromatic carbocycles. The topological polar surface area (TPSA) is 102 Å². The van der Waals surface area contributed by atoms with Gasteiger partial charge in [-0.15, -0.1) is 0 Å². The van der Waals surface area contributed by atoms with Gasteiger partial charge in [-0.3, -0.25) is 14.9 Å². The first kappa shape index (κ1) is 13.7. The number of rotatable bonds is 5. The minimum absolute atomic E-state index is 0.151. The highest BCUT2D eigenvalue weighted by Gasteiger charge is 2.21. The number of carboxylic acid groups (broad SMARTS) is 1. The summed E-state index contributed by atoms with van der Waals surface area (Å²) in [5, 5.41) is 21.7. The lowest BCUT2D eigenvalue weighted by molar-refractivity contribution is -0.385. The van der Waals surface area contributed by atoms with E-state index in [0.717, 1.165) is 6.07 Å². The quantitative estimate of drug-likeness (QED) is 0.614. The Morgan fingerprint density at radius 1 is 1.61 bits per heavy atom. The van der Waals surface area contributed by atoms with Crippen LogP contribution in [0.2, 0.25) is 0 Å². The second-order valence-electron chi connectivity index (χ2n) is 3.47. The number of aliphatic carboxylic acids is 1. The van der Waals surface area contributed by atoms with Crippen LogP contribution in [0.1, 0.15) is 6.92 Å². The molecule has 0 heterocycles. The van der Waals surface area contributed by atoms with E-state index in [1.54, 1.807) is 0 Å². The lowest BCUT2D eigenvalue weighted by atomic mass is 10.2. The Hall–Kier alpha value is -2.38. The van der Waals surface area contributed by atoms with Crippen molar-refractivity contribution < 1.29 is 24.0 Å². The molecule has 1 unspecified atom stereocenters. The fourth-order valence-electron chi connectivity index (χ4n) is 1.25. The minimum Gasteiger partial charge on any atom is -0.490 e. The summed E-state index contributed by atoms with van der Waals surface area (Å²) in [6, 6.07) is 0.688. The summed E-state index contributed by atoms with van der Waals surface area (Å²) in [5.74, 6) is -2.25. The summed E-state index contributed by atoms with van der Waals surface area (Å²) in [6.07, 6.45) is 0. The maximum Gasteiger partial charge on any atom is 0.325 e. The van der Waals surface area contributed by atoms with E-state index < -0.39 is 28.4 Å². The predicted octanol–water partition coefficient (Wildman–Crippen LogP) is 1.63. The minimum atomic E-state index is -1.17. The fourth-order valence-corrected chi connectivity index (χ4v) is 1.25. The van der Waals surface area contributed by atoms with Gasteiger partial charge in [0.25, 0.3) is 0 Å². The molecule has 0 saturated heterocycles. The second kappa shape index (κ2) is 5.30. The number of benzene rings is 1. The highest BCUT2D eigenvalue weighted by molar-refractivity contribution is 5.77. The summed E-state index contributed by atoms with van der Waals surface area (Å²) in [4.78, 5) is 20.5. The van der Waals surface area contributed by atoms with Gasteiger partial charge in [0.2, 0.25) is 0 Å². The van der Waals surface area contributed by atoms with Crippen LogP contribution in [0.5, 0.6) is 5.75 Å². The van der Waals surface area contributed by atoms with Crippen molar-refractivity contribution in [1.82, 2.24) is 0 Å². The van der Waals surface area contributed by atoms with Gasteiger partial charge in [0.1, 0.15) is 6.04 Å². The molecule has 8 heteroatoms. The Balaban J connectivity index is 3.15. The van der Waals surface area contributed by atoms with Crippen molar-refractivity contribution in [3.05, 3.63) is 28.1 Å². The molecule has 1 atom stereocenters. The Labute approximate surface area is 101 Å². The molecule has 7 nitrogen and oxygen atoms in total. The molecule has 0 spiro atoms. The maximum atomic E-state index is 13.5. The van der Waals surface area contributed by atoms with Crippen LogP contribution in [0.25, 0.3) is 0 Å². The molecule has 0 bridgehead atoms. The monoisotopic (exact) mass is 258 g/mol. The van der Waals surface area contributed by atoms with Crippen molar-refractivity contribution in [1.29, 1.82) is 0 Å². The molecule has 0 aliphatic carbocycles. The zero-order chi connectivity index (χ0) is 13.9. The van der Waals surface area contributed by atoms with Gasteiger partial charge >= 0.3 is 11.7 Å². The number of carbonyl (C=O) groups is 1. The molecule has 18 heavy (non-hydrogen) atoms. The van der Waals surface area contributed by atoms with Crippen LogP contribution in [0.15, 0.2) is 12.1 Å². The largest absolute Gasteiger partial charge is 0.490 e. The van der Waals surface area contributed by atoms with E-state index >= 15 is 0 Å². The van der Waals surface area contributed by atoms with Gasteiger partial charge in [-0.1, -0.05) is 0 Å². The fraction of sp³-hybridized carbons (Fsp3) is 0.300.